The van der Waals surface area contributed by atoms with Crippen LogP contribution in [0.4, 0.5) is 26.3 Å². The molecule has 26 heavy (non-hydrogen) atoms. The van der Waals surface area contributed by atoms with Gasteiger partial charge < -0.3 is 4.74 Å². The summed E-state index contributed by atoms with van der Waals surface area (Å²) in [7, 11) is 0. The standard InChI is InChI=1S/C13H6ClF6N5O/c14-13(19,20)11-24-23-9-3-21-8(4-25(9)11)6-1-7(15)10(22-2-6)26-5-12(16,17)18/h1-4H,5H2. The summed E-state index contributed by atoms with van der Waals surface area (Å²) in [5, 5.41) is 2.92. The first kappa shape index (κ1) is 18.2. The Labute approximate surface area is 145 Å². The highest BCUT2D eigenvalue weighted by Crippen LogP contribution is 2.31. The number of hydrogen-bond donors (Lipinski definition) is 0. The Hall–Kier alpha value is -2.63. The number of aromatic nitrogens is 5. The van der Waals surface area contributed by atoms with Crippen molar-refractivity contribution in [3.8, 4) is 17.1 Å². The Morgan fingerprint density at radius 3 is 2.42 bits per heavy atom. The van der Waals surface area contributed by atoms with Crippen LogP contribution in [0.2, 0.25) is 0 Å². The molecule has 3 rings (SSSR count). The van der Waals surface area contributed by atoms with Gasteiger partial charge in [0.05, 0.1) is 11.9 Å². The minimum absolute atomic E-state index is 0.00120. The molecule has 0 unspecified atom stereocenters. The molecule has 3 heterocycles. The van der Waals surface area contributed by atoms with E-state index in [1.165, 1.54) is 0 Å². The van der Waals surface area contributed by atoms with Crippen LogP contribution in [0, 0.1) is 5.82 Å². The first-order valence-corrected chi connectivity index (χ1v) is 7.06. The van der Waals surface area contributed by atoms with Crippen molar-refractivity contribution in [3.05, 3.63) is 36.3 Å². The van der Waals surface area contributed by atoms with E-state index in [9.17, 15) is 26.3 Å². The lowest BCUT2D eigenvalue weighted by atomic mass is 10.2. The first-order valence-electron chi connectivity index (χ1n) is 6.68. The van der Waals surface area contributed by atoms with Crippen LogP contribution in [-0.4, -0.2) is 37.3 Å². The topological polar surface area (TPSA) is 65.2 Å². The molecule has 0 saturated heterocycles. The van der Waals surface area contributed by atoms with E-state index in [0.717, 1.165) is 29.1 Å². The lowest BCUT2D eigenvalue weighted by molar-refractivity contribution is -0.154. The molecule has 0 aromatic carbocycles. The molecule has 0 aliphatic heterocycles. The molecule has 0 N–H and O–H groups in total. The third kappa shape index (κ3) is 3.79. The van der Waals surface area contributed by atoms with Gasteiger partial charge in [0.25, 0.3) is 5.88 Å². The van der Waals surface area contributed by atoms with Crippen LogP contribution in [-0.2, 0) is 5.38 Å². The van der Waals surface area contributed by atoms with E-state index in [1.54, 1.807) is 0 Å². The molecule has 13 heteroatoms. The van der Waals surface area contributed by atoms with Gasteiger partial charge in [-0.25, -0.2) is 9.37 Å². The van der Waals surface area contributed by atoms with E-state index in [4.69, 9.17) is 11.6 Å². The van der Waals surface area contributed by atoms with Crippen LogP contribution in [0.3, 0.4) is 0 Å². The Morgan fingerprint density at radius 2 is 1.81 bits per heavy atom. The van der Waals surface area contributed by atoms with E-state index < -0.39 is 35.7 Å². The number of halogens is 7. The molecule has 0 atom stereocenters. The summed E-state index contributed by atoms with van der Waals surface area (Å²) in [4.78, 5) is 7.33. The van der Waals surface area contributed by atoms with Gasteiger partial charge in [0, 0.05) is 18.0 Å². The summed E-state index contributed by atoms with van der Waals surface area (Å²) in [6.07, 6.45) is -1.53. The fraction of sp³-hybridized carbons (Fsp3) is 0.231. The quantitative estimate of drug-likeness (QED) is 0.497. The zero-order chi connectivity index (χ0) is 19.1. The molecule has 3 aromatic heterocycles. The summed E-state index contributed by atoms with van der Waals surface area (Å²) >= 11 is 4.94. The predicted octanol–water partition coefficient (Wildman–Crippen LogP) is 3.55. The van der Waals surface area contributed by atoms with Crippen molar-refractivity contribution in [1.82, 2.24) is 24.6 Å². The summed E-state index contributed by atoms with van der Waals surface area (Å²) in [6, 6.07) is 0.801. The van der Waals surface area contributed by atoms with Gasteiger partial charge in [-0.2, -0.15) is 22.0 Å². The van der Waals surface area contributed by atoms with Gasteiger partial charge in [0.2, 0.25) is 5.82 Å². The second-order valence-electron chi connectivity index (χ2n) is 4.94. The summed E-state index contributed by atoms with van der Waals surface area (Å²) in [5.74, 6) is -2.92. The van der Waals surface area contributed by atoms with Gasteiger partial charge in [-0.1, -0.05) is 0 Å². The highest BCUT2D eigenvalue weighted by molar-refractivity contribution is 6.21. The number of rotatable bonds is 4. The first-order chi connectivity index (χ1) is 12.0. The van der Waals surface area contributed by atoms with Crippen molar-refractivity contribution in [2.75, 3.05) is 6.61 Å². The van der Waals surface area contributed by atoms with Crippen LogP contribution in [0.1, 0.15) is 5.82 Å². The Balaban J connectivity index is 1.95. The Morgan fingerprint density at radius 1 is 1.08 bits per heavy atom. The third-order valence-corrected chi connectivity index (χ3v) is 3.19. The maximum absolute atomic E-state index is 13.9. The Bertz CT molecular complexity index is 954. The summed E-state index contributed by atoms with van der Waals surface area (Å²) in [5.41, 5.74) is -0.0582. The SMILES string of the molecule is Fc1cc(-c2cn3c(C(F)(F)Cl)nnc3cn2)cnc1OCC(F)(F)F. The number of pyridine rings is 1. The third-order valence-electron chi connectivity index (χ3n) is 3.02. The number of alkyl halides is 6. The maximum atomic E-state index is 13.9. The second kappa shape index (κ2) is 6.27. The predicted molar refractivity (Wildman–Crippen MR) is 75.3 cm³/mol. The van der Waals surface area contributed by atoms with Crippen molar-refractivity contribution >= 4 is 17.2 Å². The van der Waals surface area contributed by atoms with Gasteiger partial charge >= 0.3 is 11.6 Å². The summed E-state index contributed by atoms with van der Waals surface area (Å²) < 4.78 is 81.8. The molecule has 0 amide bonds. The van der Waals surface area contributed by atoms with E-state index >= 15 is 0 Å². The second-order valence-corrected chi connectivity index (χ2v) is 5.41. The number of hydrogen-bond acceptors (Lipinski definition) is 5. The van der Waals surface area contributed by atoms with Crippen LogP contribution in [0.5, 0.6) is 5.88 Å². The van der Waals surface area contributed by atoms with Gasteiger partial charge in [0.1, 0.15) is 0 Å². The summed E-state index contributed by atoms with van der Waals surface area (Å²) in [6.45, 7) is -1.71. The fourth-order valence-corrected chi connectivity index (χ4v) is 2.09. The lowest BCUT2D eigenvalue weighted by Crippen LogP contribution is -2.20. The Kier molecular flexibility index (Phi) is 4.38. The minimum Gasteiger partial charge on any atom is -0.466 e. The zero-order valence-corrected chi connectivity index (χ0v) is 13.1. The average molecular weight is 398 g/mol. The average Bonchev–Trinajstić information content (AvgIpc) is 2.96. The van der Waals surface area contributed by atoms with Gasteiger partial charge in [0.15, 0.2) is 18.1 Å². The number of nitrogens with zero attached hydrogens (tertiary/aromatic N) is 5. The maximum Gasteiger partial charge on any atom is 0.422 e. The fourth-order valence-electron chi connectivity index (χ4n) is 1.97. The molecule has 0 fully saturated rings. The molecular weight excluding hydrogens is 392 g/mol. The lowest BCUT2D eigenvalue weighted by Gasteiger charge is -2.10. The van der Waals surface area contributed by atoms with Crippen LogP contribution >= 0.6 is 11.6 Å². The van der Waals surface area contributed by atoms with Gasteiger partial charge in [-0.15, -0.1) is 10.2 Å². The molecular formula is C13H6ClF6N5O. The highest BCUT2D eigenvalue weighted by atomic mass is 35.5. The van der Waals surface area contributed by atoms with E-state index in [0.29, 0.717) is 0 Å². The van der Waals surface area contributed by atoms with Crippen molar-refractivity contribution < 1.29 is 31.1 Å². The van der Waals surface area contributed by atoms with Crippen molar-refractivity contribution in [2.45, 2.75) is 11.6 Å². The van der Waals surface area contributed by atoms with Gasteiger partial charge in [-0.3, -0.25) is 9.38 Å². The number of fused-ring (bicyclic) bond motifs is 1. The molecule has 3 aromatic rings. The molecule has 6 nitrogen and oxygen atoms in total. The van der Waals surface area contributed by atoms with Crippen molar-refractivity contribution in [1.29, 1.82) is 0 Å². The van der Waals surface area contributed by atoms with E-state index in [-0.39, 0.29) is 16.9 Å². The van der Waals surface area contributed by atoms with Crippen LogP contribution < -0.4 is 4.74 Å². The molecule has 138 valence electrons. The molecule has 0 aliphatic rings. The number of ether oxygens (including phenoxy) is 1. The van der Waals surface area contributed by atoms with E-state index in [1.807, 2.05) is 0 Å². The van der Waals surface area contributed by atoms with Crippen LogP contribution in [0.25, 0.3) is 16.9 Å². The largest absolute Gasteiger partial charge is 0.466 e. The smallest absolute Gasteiger partial charge is 0.422 e. The normalized spacial score (nSPS) is 12.6. The van der Waals surface area contributed by atoms with Gasteiger partial charge in [-0.05, 0) is 17.7 Å². The molecule has 0 saturated carbocycles. The highest BCUT2D eigenvalue weighted by Gasteiger charge is 2.34. The minimum atomic E-state index is -4.66. The van der Waals surface area contributed by atoms with Crippen LogP contribution in [0.15, 0.2) is 24.7 Å². The zero-order valence-electron chi connectivity index (χ0n) is 12.3. The monoisotopic (exact) mass is 397 g/mol. The van der Waals surface area contributed by atoms with E-state index in [2.05, 4.69) is 24.9 Å². The van der Waals surface area contributed by atoms with Crippen molar-refractivity contribution in [3.63, 3.8) is 0 Å². The van der Waals surface area contributed by atoms with Crippen molar-refractivity contribution in [2.24, 2.45) is 0 Å². The molecule has 0 spiro atoms. The molecule has 0 radical (unpaired) electrons. The molecule has 0 bridgehead atoms. The molecule has 0 aliphatic carbocycles.